The van der Waals surface area contributed by atoms with E-state index in [9.17, 15) is 2.74 Å². The van der Waals surface area contributed by atoms with Gasteiger partial charge in [0, 0.05) is 10.8 Å². The van der Waals surface area contributed by atoms with Crippen LogP contribution in [0.2, 0.25) is 0 Å². The Kier molecular flexibility index (Phi) is 5.20. The standard InChI is InChI=1S/C48H30O/c1-3-13-32(14-4-1)47-42-27-24-36(38-20-11-17-31-12-7-8-18-37(31)38)29-44(42)48(33-15-5-2-6-16-33)41-26-23-34(28-43(41)47)35-22-25-40-39-19-9-10-21-45(39)49-46(40)30-35/h1-30H/i1D,3D,4D,13D,14D. The molecule has 1 aromatic heterocycles. The second-order valence-corrected chi connectivity index (χ2v) is 12.5. The molecule has 0 unspecified atom stereocenters. The average Bonchev–Trinajstić information content (AvgIpc) is 3.60. The third-order valence-corrected chi connectivity index (χ3v) is 9.74. The molecular weight excluding hydrogens is 593 g/mol. The summed E-state index contributed by atoms with van der Waals surface area (Å²) in [5, 5.41) is 7.81. The monoisotopic (exact) mass is 627 g/mol. The minimum atomic E-state index is -0.415. The maximum absolute atomic E-state index is 9.18. The number of hydrogen-bond donors (Lipinski definition) is 0. The van der Waals surface area contributed by atoms with Crippen LogP contribution in [0.15, 0.2) is 186 Å². The summed E-state index contributed by atoms with van der Waals surface area (Å²) in [5.74, 6) is 0. The van der Waals surface area contributed by atoms with Gasteiger partial charge in [0.1, 0.15) is 11.2 Å². The van der Waals surface area contributed by atoms with Crippen molar-refractivity contribution >= 4 is 54.3 Å². The van der Waals surface area contributed by atoms with Gasteiger partial charge < -0.3 is 4.42 Å². The summed E-state index contributed by atoms with van der Waals surface area (Å²) < 4.78 is 50.4. The lowest BCUT2D eigenvalue weighted by molar-refractivity contribution is 0.669. The lowest BCUT2D eigenvalue weighted by atomic mass is 9.83. The van der Waals surface area contributed by atoms with E-state index in [4.69, 9.17) is 8.53 Å². The number of furan rings is 1. The number of fused-ring (bicyclic) bond motifs is 6. The Bertz CT molecular complexity index is 3130. The molecule has 0 N–H and O–H groups in total. The van der Waals surface area contributed by atoms with Crippen LogP contribution in [0.5, 0.6) is 0 Å². The molecule has 0 aliphatic carbocycles. The van der Waals surface area contributed by atoms with Gasteiger partial charge >= 0.3 is 0 Å². The molecule has 0 bridgehead atoms. The summed E-state index contributed by atoms with van der Waals surface area (Å²) in [5.41, 5.74) is 8.41. The maximum atomic E-state index is 9.18. The summed E-state index contributed by atoms with van der Waals surface area (Å²) in [6.45, 7) is 0. The highest BCUT2D eigenvalue weighted by atomic mass is 16.3. The Morgan fingerprint density at radius 3 is 1.76 bits per heavy atom. The van der Waals surface area contributed by atoms with Crippen LogP contribution in [0.4, 0.5) is 0 Å². The van der Waals surface area contributed by atoms with Crippen molar-refractivity contribution in [3.63, 3.8) is 0 Å². The van der Waals surface area contributed by atoms with E-state index in [1.807, 2.05) is 42.5 Å². The van der Waals surface area contributed by atoms with Gasteiger partial charge in [-0.1, -0.05) is 152 Å². The topological polar surface area (TPSA) is 13.1 Å². The first-order valence-electron chi connectivity index (χ1n) is 18.9. The van der Waals surface area contributed by atoms with E-state index in [0.717, 1.165) is 87.6 Å². The Morgan fingerprint density at radius 2 is 0.939 bits per heavy atom. The van der Waals surface area contributed by atoms with Crippen molar-refractivity contribution in [3.05, 3.63) is 182 Å². The van der Waals surface area contributed by atoms with Gasteiger partial charge in [-0.3, -0.25) is 0 Å². The summed E-state index contributed by atoms with van der Waals surface area (Å²) in [6.07, 6.45) is 0. The van der Waals surface area contributed by atoms with Crippen LogP contribution in [-0.4, -0.2) is 0 Å². The van der Waals surface area contributed by atoms with Gasteiger partial charge in [0.15, 0.2) is 0 Å². The fraction of sp³-hybridized carbons (Fsp3) is 0. The fourth-order valence-electron chi connectivity index (χ4n) is 7.52. The highest BCUT2D eigenvalue weighted by Crippen LogP contribution is 2.46. The minimum Gasteiger partial charge on any atom is -0.456 e. The molecule has 1 nitrogen and oxygen atoms in total. The fourth-order valence-corrected chi connectivity index (χ4v) is 7.52. The van der Waals surface area contributed by atoms with Crippen LogP contribution in [-0.2, 0) is 0 Å². The molecule has 0 saturated heterocycles. The minimum absolute atomic E-state index is 0.179. The van der Waals surface area contributed by atoms with Crippen LogP contribution in [0.25, 0.3) is 98.8 Å². The van der Waals surface area contributed by atoms with E-state index in [-0.39, 0.29) is 29.7 Å². The quantitative estimate of drug-likeness (QED) is 0.177. The summed E-state index contributed by atoms with van der Waals surface area (Å²) in [6, 6.07) is 50.2. The Labute approximate surface area is 291 Å². The SMILES string of the molecule is [2H]c1c([2H])c([2H])c(-c2c3ccc(-c4cccc5ccccc45)cc3c(-c3ccccc3)c3ccc(-c4ccc5c(c4)oc4ccccc45)cc23)c([2H])c1[2H]. The predicted octanol–water partition coefficient (Wildman–Crippen LogP) is 13.7. The van der Waals surface area contributed by atoms with Crippen LogP contribution >= 0.6 is 0 Å². The average molecular weight is 628 g/mol. The zero-order valence-electron chi connectivity index (χ0n) is 31.3. The maximum Gasteiger partial charge on any atom is 0.136 e. The molecular formula is C48H30O. The summed E-state index contributed by atoms with van der Waals surface area (Å²) >= 11 is 0. The van der Waals surface area contributed by atoms with Gasteiger partial charge in [0.2, 0.25) is 0 Å². The molecule has 0 atom stereocenters. The molecule has 1 heteroatoms. The summed E-state index contributed by atoms with van der Waals surface area (Å²) in [7, 11) is 0. The lowest BCUT2D eigenvalue weighted by Crippen LogP contribution is -1.93. The van der Waals surface area contributed by atoms with Gasteiger partial charge in [-0.2, -0.15) is 0 Å². The molecule has 10 aromatic rings. The molecule has 0 aliphatic heterocycles. The molecule has 10 rings (SSSR count). The normalized spacial score (nSPS) is 13.1. The highest BCUT2D eigenvalue weighted by molar-refractivity contribution is 6.23. The summed E-state index contributed by atoms with van der Waals surface area (Å²) in [4.78, 5) is 0. The third kappa shape index (κ3) is 4.47. The molecule has 0 amide bonds. The lowest BCUT2D eigenvalue weighted by Gasteiger charge is -2.20. The van der Waals surface area contributed by atoms with Gasteiger partial charge in [0.05, 0.1) is 6.85 Å². The van der Waals surface area contributed by atoms with E-state index in [1.54, 1.807) is 0 Å². The largest absolute Gasteiger partial charge is 0.456 e. The first-order chi connectivity index (χ1) is 26.4. The van der Waals surface area contributed by atoms with Crippen LogP contribution in [0.1, 0.15) is 6.85 Å². The van der Waals surface area contributed by atoms with Crippen molar-refractivity contribution in [2.45, 2.75) is 0 Å². The number of hydrogen-bond acceptors (Lipinski definition) is 1. The van der Waals surface area contributed by atoms with E-state index in [0.29, 0.717) is 5.56 Å². The molecule has 9 aromatic carbocycles. The molecule has 0 fully saturated rings. The van der Waals surface area contributed by atoms with Crippen LogP contribution in [0.3, 0.4) is 0 Å². The molecule has 1 heterocycles. The zero-order valence-corrected chi connectivity index (χ0v) is 26.3. The Morgan fingerprint density at radius 1 is 0.347 bits per heavy atom. The smallest absolute Gasteiger partial charge is 0.136 e. The molecule has 0 saturated carbocycles. The van der Waals surface area contributed by atoms with E-state index in [2.05, 4.69) is 109 Å². The molecule has 228 valence electrons. The zero-order chi connectivity index (χ0) is 36.7. The number of para-hydroxylation sites is 1. The highest BCUT2D eigenvalue weighted by Gasteiger charge is 2.19. The van der Waals surface area contributed by atoms with Crippen molar-refractivity contribution in [1.82, 2.24) is 0 Å². The van der Waals surface area contributed by atoms with E-state index < -0.39 is 6.04 Å². The van der Waals surface area contributed by atoms with E-state index >= 15 is 0 Å². The second kappa shape index (κ2) is 11.1. The predicted molar refractivity (Wildman–Crippen MR) is 208 cm³/mol. The first kappa shape index (κ1) is 23.0. The number of benzene rings is 9. The molecule has 0 spiro atoms. The van der Waals surface area contributed by atoms with Crippen LogP contribution < -0.4 is 0 Å². The van der Waals surface area contributed by atoms with Crippen molar-refractivity contribution in [2.24, 2.45) is 0 Å². The molecule has 0 radical (unpaired) electrons. The number of rotatable bonds is 4. The molecule has 49 heavy (non-hydrogen) atoms. The van der Waals surface area contributed by atoms with Crippen molar-refractivity contribution in [2.75, 3.05) is 0 Å². The van der Waals surface area contributed by atoms with Gasteiger partial charge in [-0.15, -0.1) is 0 Å². The van der Waals surface area contributed by atoms with Gasteiger partial charge in [-0.25, -0.2) is 0 Å². The van der Waals surface area contributed by atoms with Crippen molar-refractivity contribution < 1.29 is 11.3 Å². The third-order valence-electron chi connectivity index (χ3n) is 9.74. The van der Waals surface area contributed by atoms with Crippen LogP contribution in [0, 0.1) is 0 Å². The Balaban J connectivity index is 1.34. The molecule has 0 aliphatic rings. The van der Waals surface area contributed by atoms with E-state index in [1.165, 1.54) is 0 Å². The second-order valence-electron chi connectivity index (χ2n) is 12.5. The van der Waals surface area contributed by atoms with Crippen molar-refractivity contribution in [1.29, 1.82) is 0 Å². The van der Waals surface area contributed by atoms with Gasteiger partial charge in [-0.05, 0) is 107 Å². The Hall–Kier alpha value is -6.44. The van der Waals surface area contributed by atoms with Gasteiger partial charge in [0.25, 0.3) is 0 Å². The van der Waals surface area contributed by atoms with Crippen molar-refractivity contribution in [3.8, 4) is 44.5 Å². The first-order valence-corrected chi connectivity index (χ1v) is 16.4.